The lowest BCUT2D eigenvalue weighted by atomic mass is 10.3. The van der Waals surface area contributed by atoms with Crippen molar-refractivity contribution in [2.45, 2.75) is 28.7 Å². The summed E-state index contributed by atoms with van der Waals surface area (Å²) in [6, 6.07) is 8.51. The van der Waals surface area contributed by atoms with Crippen molar-refractivity contribution in [1.29, 1.82) is 0 Å². The Kier molecular flexibility index (Phi) is 7.33. The number of nitrogens with one attached hydrogen (secondary N) is 1. The van der Waals surface area contributed by atoms with Crippen LogP contribution in [0.4, 0.5) is 14.5 Å². The number of hydrogen-bond donors (Lipinski definition) is 1. The van der Waals surface area contributed by atoms with Gasteiger partial charge in [0.2, 0.25) is 15.9 Å². The van der Waals surface area contributed by atoms with E-state index in [1.807, 2.05) is 0 Å². The molecule has 152 valence electrons. The normalized spacial score (nSPS) is 12.8. The lowest BCUT2D eigenvalue weighted by Gasteiger charge is -2.13. The number of hydrogen-bond acceptors (Lipinski definition) is 6. The molecule has 28 heavy (non-hydrogen) atoms. The van der Waals surface area contributed by atoms with Gasteiger partial charge in [0.1, 0.15) is 10.6 Å². The van der Waals surface area contributed by atoms with Crippen LogP contribution in [0.2, 0.25) is 0 Å². The minimum Gasteiger partial charge on any atom is -0.435 e. The molecule has 0 saturated heterocycles. The second-order valence-corrected chi connectivity index (χ2v) is 9.28. The number of aromatic nitrogens is 1. The number of carbonyl (C=O) groups is 1. The number of halogens is 2. The van der Waals surface area contributed by atoms with Crippen LogP contribution in [0.25, 0.3) is 0 Å². The number of pyridine rings is 1. The molecule has 1 N–H and O–H groups in total. The number of anilines is 1. The molecule has 1 atom stereocenters. The fraction of sp³-hybridized carbons (Fsp3) is 0.294. The topological polar surface area (TPSA) is 88.6 Å². The molecule has 0 fully saturated rings. The minimum absolute atomic E-state index is 0.00705. The van der Waals surface area contributed by atoms with Crippen molar-refractivity contribution in [2.24, 2.45) is 0 Å². The molecule has 0 bridgehead atoms. The van der Waals surface area contributed by atoms with E-state index in [0.717, 1.165) is 16.1 Å². The molecule has 0 unspecified atom stereocenters. The van der Waals surface area contributed by atoms with E-state index in [9.17, 15) is 22.0 Å². The number of rotatable bonds is 8. The number of alkyl halides is 2. The zero-order chi connectivity index (χ0) is 20.9. The van der Waals surface area contributed by atoms with Gasteiger partial charge in [-0.1, -0.05) is 11.8 Å². The molecule has 0 spiro atoms. The summed E-state index contributed by atoms with van der Waals surface area (Å²) in [5, 5.41) is 2.62. The molecule has 1 heterocycles. The first-order valence-electron chi connectivity index (χ1n) is 8.00. The van der Waals surface area contributed by atoms with E-state index in [0.29, 0.717) is 10.7 Å². The van der Waals surface area contributed by atoms with Crippen LogP contribution in [0.1, 0.15) is 6.92 Å². The zero-order valence-electron chi connectivity index (χ0n) is 15.3. The third-order valence-electron chi connectivity index (χ3n) is 3.50. The summed E-state index contributed by atoms with van der Waals surface area (Å²) in [4.78, 5) is 16.4. The first-order valence-corrected chi connectivity index (χ1v) is 10.3. The van der Waals surface area contributed by atoms with E-state index in [1.54, 1.807) is 6.92 Å². The highest BCUT2D eigenvalue weighted by atomic mass is 32.2. The Morgan fingerprint density at radius 2 is 1.82 bits per heavy atom. The fourth-order valence-corrected chi connectivity index (χ4v) is 3.63. The summed E-state index contributed by atoms with van der Waals surface area (Å²) in [5.41, 5.74) is 0.430. The van der Waals surface area contributed by atoms with Gasteiger partial charge in [-0.3, -0.25) is 4.79 Å². The monoisotopic (exact) mass is 431 g/mol. The molecule has 1 aromatic carbocycles. The molecule has 1 amide bonds. The summed E-state index contributed by atoms with van der Waals surface area (Å²) in [5.74, 6) is -0.327. The third-order valence-corrected chi connectivity index (χ3v) is 6.35. The average Bonchev–Trinajstić information content (AvgIpc) is 2.63. The summed E-state index contributed by atoms with van der Waals surface area (Å²) in [7, 11) is -0.711. The number of benzene rings is 1. The van der Waals surface area contributed by atoms with Crippen LogP contribution < -0.4 is 10.1 Å². The van der Waals surface area contributed by atoms with Crippen molar-refractivity contribution in [3.05, 3.63) is 42.6 Å². The summed E-state index contributed by atoms with van der Waals surface area (Å²) >= 11 is 1.15. The highest BCUT2D eigenvalue weighted by molar-refractivity contribution is 8.00. The van der Waals surface area contributed by atoms with Gasteiger partial charge in [0, 0.05) is 26.0 Å². The highest BCUT2D eigenvalue weighted by Gasteiger charge is 2.19. The van der Waals surface area contributed by atoms with Gasteiger partial charge < -0.3 is 10.1 Å². The second kappa shape index (κ2) is 9.30. The largest absolute Gasteiger partial charge is 0.435 e. The van der Waals surface area contributed by atoms with Crippen LogP contribution in [0.15, 0.2) is 52.5 Å². The molecule has 0 radical (unpaired) electrons. The molecule has 7 nitrogen and oxygen atoms in total. The summed E-state index contributed by atoms with van der Waals surface area (Å²) < 4.78 is 53.7. The third kappa shape index (κ3) is 5.88. The number of nitrogens with zero attached hydrogens (tertiary/aromatic N) is 2. The number of sulfonamides is 1. The lowest BCUT2D eigenvalue weighted by molar-refractivity contribution is -0.115. The molecule has 0 aliphatic rings. The molecule has 0 saturated carbocycles. The molecule has 2 rings (SSSR count). The van der Waals surface area contributed by atoms with Crippen molar-refractivity contribution in [1.82, 2.24) is 9.29 Å². The molecule has 2 aromatic rings. The second-order valence-electron chi connectivity index (χ2n) is 5.77. The Bertz CT molecular complexity index is 905. The first kappa shape index (κ1) is 22.1. The SMILES string of the molecule is C[C@@H](Sc1ccc(S(=O)(=O)N(C)C)cn1)C(=O)Nc1ccc(OC(F)F)cc1. The summed E-state index contributed by atoms with van der Waals surface area (Å²) in [6.07, 6.45) is 1.24. The van der Waals surface area contributed by atoms with E-state index in [4.69, 9.17) is 0 Å². The van der Waals surface area contributed by atoms with E-state index in [-0.39, 0.29) is 16.6 Å². The maximum Gasteiger partial charge on any atom is 0.387 e. The van der Waals surface area contributed by atoms with Crippen molar-refractivity contribution < 1.29 is 26.7 Å². The van der Waals surface area contributed by atoms with Gasteiger partial charge in [-0.25, -0.2) is 17.7 Å². The standard InChI is InChI=1S/C17H19F2N3O4S2/c1-11(16(23)21-12-4-6-13(7-5-12)26-17(18)19)27-15-9-8-14(10-20-15)28(24,25)22(2)3/h4-11,17H,1-3H3,(H,21,23)/t11-/m1/s1. The number of ether oxygens (including phenoxy) is 1. The average molecular weight is 431 g/mol. The Hall–Kier alpha value is -2.24. The van der Waals surface area contributed by atoms with Gasteiger partial charge >= 0.3 is 6.61 Å². The van der Waals surface area contributed by atoms with Crippen LogP contribution in [-0.2, 0) is 14.8 Å². The van der Waals surface area contributed by atoms with Crippen molar-refractivity contribution in [3.63, 3.8) is 0 Å². The number of amides is 1. The van der Waals surface area contributed by atoms with Crippen LogP contribution in [-0.4, -0.2) is 49.6 Å². The van der Waals surface area contributed by atoms with Gasteiger partial charge in [0.15, 0.2) is 0 Å². The smallest absolute Gasteiger partial charge is 0.387 e. The van der Waals surface area contributed by atoms with Crippen LogP contribution >= 0.6 is 11.8 Å². The van der Waals surface area contributed by atoms with E-state index in [2.05, 4.69) is 15.0 Å². The molecular formula is C17H19F2N3O4S2. The fourth-order valence-electron chi connectivity index (χ4n) is 2.00. The predicted molar refractivity (Wildman–Crippen MR) is 102 cm³/mol. The number of carbonyl (C=O) groups excluding carboxylic acids is 1. The first-order chi connectivity index (χ1) is 13.1. The van der Waals surface area contributed by atoms with Gasteiger partial charge in [-0.05, 0) is 43.3 Å². The Balaban J connectivity index is 1.97. The molecular weight excluding hydrogens is 412 g/mol. The predicted octanol–water partition coefficient (Wildman–Crippen LogP) is 3.05. The minimum atomic E-state index is -3.57. The highest BCUT2D eigenvalue weighted by Crippen LogP contribution is 2.24. The zero-order valence-corrected chi connectivity index (χ0v) is 16.9. The maximum atomic E-state index is 12.3. The lowest BCUT2D eigenvalue weighted by Crippen LogP contribution is -2.23. The van der Waals surface area contributed by atoms with Gasteiger partial charge in [-0.2, -0.15) is 8.78 Å². The summed E-state index contributed by atoms with van der Waals surface area (Å²) in [6.45, 7) is -1.25. The van der Waals surface area contributed by atoms with Crippen molar-refractivity contribution >= 4 is 33.4 Å². The van der Waals surface area contributed by atoms with Crippen LogP contribution in [0.5, 0.6) is 5.75 Å². The van der Waals surface area contributed by atoms with Crippen molar-refractivity contribution in [2.75, 3.05) is 19.4 Å². The van der Waals surface area contributed by atoms with E-state index >= 15 is 0 Å². The van der Waals surface area contributed by atoms with Crippen molar-refractivity contribution in [3.8, 4) is 5.75 Å². The number of thioether (sulfide) groups is 1. The molecule has 0 aliphatic heterocycles. The Morgan fingerprint density at radius 3 is 2.32 bits per heavy atom. The molecule has 1 aromatic heterocycles. The molecule has 0 aliphatic carbocycles. The Labute approximate surface area is 166 Å². The van der Waals surface area contributed by atoms with Crippen LogP contribution in [0, 0.1) is 0 Å². The van der Waals surface area contributed by atoms with E-state index in [1.165, 1.54) is 56.7 Å². The van der Waals surface area contributed by atoms with Crippen LogP contribution in [0.3, 0.4) is 0 Å². The molecule has 11 heteroatoms. The van der Waals surface area contributed by atoms with Gasteiger partial charge in [-0.15, -0.1) is 0 Å². The maximum absolute atomic E-state index is 12.3. The quantitative estimate of drug-likeness (QED) is 0.647. The van der Waals surface area contributed by atoms with Gasteiger partial charge in [0.25, 0.3) is 0 Å². The van der Waals surface area contributed by atoms with E-state index < -0.39 is 21.9 Å². The Morgan fingerprint density at radius 1 is 1.18 bits per heavy atom. The van der Waals surface area contributed by atoms with Gasteiger partial charge in [0.05, 0.1) is 10.3 Å².